The Kier molecular flexibility index (Phi) is 7.70. The lowest BCUT2D eigenvalue weighted by molar-refractivity contribution is -0.209. The summed E-state index contributed by atoms with van der Waals surface area (Å²) >= 11 is 0. The number of hydrogen-bond acceptors (Lipinski definition) is 8. The molecule has 2 atom stereocenters. The highest BCUT2D eigenvalue weighted by Gasteiger charge is 2.48. The second-order valence-corrected chi connectivity index (χ2v) is 8.69. The second kappa shape index (κ2) is 10.8. The van der Waals surface area contributed by atoms with Crippen LogP contribution in [0.3, 0.4) is 0 Å². The van der Waals surface area contributed by atoms with Crippen molar-refractivity contribution in [2.75, 3.05) is 27.3 Å². The van der Waals surface area contributed by atoms with Crippen molar-refractivity contribution in [2.45, 2.75) is 43.8 Å². The summed E-state index contributed by atoms with van der Waals surface area (Å²) in [7, 11) is 3.06. The van der Waals surface area contributed by atoms with Gasteiger partial charge in [-0.05, 0) is 61.8 Å². The summed E-state index contributed by atoms with van der Waals surface area (Å²) in [5.41, 5.74) is 1.49. The summed E-state index contributed by atoms with van der Waals surface area (Å²) < 4.78 is 59.1. The molecule has 0 spiro atoms. The number of esters is 2. The van der Waals surface area contributed by atoms with Gasteiger partial charge in [-0.25, -0.2) is 9.59 Å². The summed E-state index contributed by atoms with van der Waals surface area (Å²) in [6.07, 6.45) is -5.69. The fourth-order valence-electron chi connectivity index (χ4n) is 4.47. The standard InChI is InChI=1S/C25H27F3N2O6/c1-33-17-5-3-4-15(12-17)14-30-10-8-16(9-11-30)29-21-19-13-18(34-2)6-7-20(19)35-23(31)22(21)36-24(32)25(26,27)28/h3-7,12-13,16,21-22,29H,8-11,14H2,1-2H3. The molecule has 8 nitrogen and oxygen atoms in total. The average Bonchev–Trinajstić information content (AvgIpc) is 2.86. The summed E-state index contributed by atoms with van der Waals surface area (Å²) in [6.45, 7) is 2.18. The fourth-order valence-corrected chi connectivity index (χ4v) is 4.47. The quantitative estimate of drug-likeness (QED) is 0.450. The Labute approximate surface area is 206 Å². The molecule has 2 aromatic carbocycles. The first-order valence-electron chi connectivity index (χ1n) is 11.5. The molecule has 0 aliphatic carbocycles. The van der Waals surface area contributed by atoms with E-state index in [0.29, 0.717) is 24.2 Å². The number of fused-ring (bicyclic) bond motifs is 1. The number of ether oxygens (including phenoxy) is 4. The number of methoxy groups -OCH3 is 2. The van der Waals surface area contributed by atoms with Gasteiger partial charge in [0.05, 0.1) is 20.3 Å². The van der Waals surface area contributed by atoms with Gasteiger partial charge in [0, 0.05) is 18.2 Å². The van der Waals surface area contributed by atoms with Crippen molar-refractivity contribution in [3.63, 3.8) is 0 Å². The first-order valence-corrected chi connectivity index (χ1v) is 11.5. The number of alkyl halides is 3. The van der Waals surface area contributed by atoms with Gasteiger partial charge in [0.15, 0.2) is 0 Å². The van der Waals surface area contributed by atoms with Gasteiger partial charge in [0.25, 0.3) is 0 Å². The molecular weight excluding hydrogens is 481 g/mol. The van der Waals surface area contributed by atoms with Crippen LogP contribution in [0.5, 0.6) is 17.2 Å². The monoisotopic (exact) mass is 508 g/mol. The van der Waals surface area contributed by atoms with Gasteiger partial charge in [-0.2, -0.15) is 13.2 Å². The second-order valence-electron chi connectivity index (χ2n) is 8.69. The van der Waals surface area contributed by atoms with E-state index in [1.165, 1.54) is 13.2 Å². The van der Waals surface area contributed by atoms with Gasteiger partial charge >= 0.3 is 18.1 Å². The molecule has 0 saturated carbocycles. The lowest BCUT2D eigenvalue weighted by Crippen LogP contribution is -2.51. The number of hydrogen-bond donors (Lipinski definition) is 1. The minimum atomic E-state index is -5.25. The minimum Gasteiger partial charge on any atom is -0.497 e. The maximum absolute atomic E-state index is 12.9. The van der Waals surface area contributed by atoms with Crippen molar-refractivity contribution in [1.82, 2.24) is 10.2 Å². The number of halogens is 3. The van der Waals surface area contributed by atoms with E-state index in [4.69, 9.17) is 14.2 Å². The Morgan fingerprint density at radius 2 is 1.78 bits per heavy atom. The third-order valence-electron chi connectivity index (χ3n) is 6.31. The number of carbonyl (C=O) groups is 2. The highest BCUT2D eigenvalue weighted by molar-refractivity contribution is 5.85. The molecule has 2 heterocycles. The predicted molar refractivity (Wildman–Crippen MR) is 122 cm³/mol. The van der Waals surface area contributed by atoms with Crippen LogP contribution < -0.4 is 19.5 Å². The molecule has 0 bridgehead atoms. The lowest BCUT2D eigenvalue weighted by Gasteiger charge is -2.38. The lowest BCUT2D eigenvalue weighted by atomic mass is 9.94. The van der Waals surface area contributed by atoms with Crippen LogP contribution in [-0.4, -0.2) is 62.5 Å². The first kappa shape index (κ1) is 25.8. The molecule has 1 fully saturated rings. The van der Waals surface area contributed by atoms with Crippen molar-refractivity contribution in [2.24, 2.45) is 0 Å². The van der Waals surface area contributed by atoms with Gasteiger partial charge in [0.1, 0.15) is 17.2 Å². The van der Waals surface area contributed by atoms with Crippen LogP contribution >= 0.6 is 0 Å². The number of nitrogens with zero attached hydrogens (tertiary/aromatic N) is 1. The van der Waals surface area contributed by atoms with E-state index in [1.807, 2.05) is 24.3 Å². The van der Waals surface area contributed by atoms with Crippen LogP contribution in [0.4, 0.5) is 13.2 Å². The van der Waals surface area contributed by atoms with Crippen LogP contribution in [-0.2, 0) is 20.9 Å². The molecule has 0 amide bonds. The smallest absolute Gasteiger partial charge is 0.490 e. The molecule has 2 aromatic rings. The minimum absolute atomic E-state index is 0.131. The van der Waals surface area contributed by atoms with Crippen molar-refractivity contribution in [3.05, 3.63) is 53.6 Å². The van der Waals surface area contributed by atoms with Gasteiger partial charge in [-0.3, -0.25) is 4.90 Å². The average molecular weight is 508 g/mol. The number of carbonyl (C=O) groups excluding carboxylic acids is 2. The number of benzene rings is 2. The zero-order chi connectivity index (χ0) is 25.9. The van der Waals surface area contributed by atoms with E-state index in [2.05, 4.69) is 15.0 Å². The third kappa shape index (κ3) is 5.90. The van der Waals surface area contributed by atoms with Gasteiger partial charge in [-0.15, -0.1) is 0 Å². The normalized spacial score (nSPS) is 20.9. The van der Waals surface area contributed by atoms with E-state index in [1.54, 1.807) is 19.2 Å². The topological polar surface area (TPSA) is 86.3 Å². The van der Waals surface area contributed by atoms with E-state index in [0.717, 1.165) is 30.9 Å². The van der Waals surface area contributed by atoms with E-state index in [9.17, 15) is 22.8 Å². The molecule has 2 unspecified atom stereocenters. The summed E-state index contributed by atoms with van der Waals surface area (Å²) in [6, 6.07) is 11.3. The van der Waals surface area contributed by atoms with E-state index in [-0.39, 0.29) is 11.8 Å². The molecule has 11 heteroatoms. The summed E-state index contributed by atoms with van der Waals surface area (Å²) in [5.74, 6) is -2.14. The molecule has 1 saturated heterocycles. The third-order valence-corrected chi connectivity index (χ3v) is 6.31. The van der Waals surface area contributed by atoms with Crippen LogP contribution in [0, 0.1) is 0 Å². The molecule has 4 rings (SSSR count). The predicted octanol–water partition coefficient (Wildman–Crippen LogP) is 3.39. The number of rotatable bonds is 7. The van der Waals surface area contributed by atoms with Gasteiger partial charge in [0.2, 0.25) is 6.10 Å². The fraction of sp³-hybridized carbons (Fsp3) is 0.440. The Morgan fingerprint density at radius 1 is 1.08 bits per heavy atom. The maximum Gasteiger partial charge on any atom is 0.490 e. The first-order chi connectivity index (χ1) is 17.2. The molecule has 1 N–H and O–H groups in total. The summed E-state index contributed by atoms with van der Waals surface area (Å²) in [5, 5.41) is 3.26. The van der Waals surface area contributed by atoms with Crippen LogP contribution in [0.15, 0.2) is 42.5 Å². The van der Waals surface area contributed by atoms with Gasteiger partial charge in [-0.1, -0.05) is 12.1 Å². The molecule has 194 valence electrons. The van der Waals surface area contributed by atoms with Crippen molar-refractivity contribution >= 4 is 11.9 Å². The molecule has 2 aliphatic heterocycles. The maximum atomic E-state index is 12.9. The van der Waals surface area contributed by atoms with E-state index < -0.39 is 30.3 Å². The van der Waals surface area contributed by atoms with Crippen molar-refractivity contribution < 1.29 is 41.7 Å². The number of likely N-dealkylation sites (tertiary alicyclic amines) is 1. The molecule has 0 aromatic heterocycles. The van der Waals surface area contributed by atoms with Crippen LogP contribution in [0.25, 0.3) is 0 Å². The molecule has 36 heavy (non-hydrogen) atoms. The molecule has 0 radical (unpaired) electrons. The van der Waals surface area contributed by atoms with Gasteiger partial charge < -0.3 is 24.3 Å². The van der Waals surface area contributed by atoms with Crippen molar-refractivity contribution in [3.8, 4) is 17.2 Å². The largest absolute Gasteiger partial charge is 0.497 e. The molecule has 2 aliphatic rings. The Balaban J connectivity index is 1.48. The Hall–Kier alpha value is -3.31. The number of nitrogens with one attached hydrogen (secondary N) is 1. The highest BCUT2D eigenvalue weighted by Crippen LogP contribution is 2.38. The van der Waals surface area contributed by atoms with E-state index >= 15 is 0 Å². The zero-order valence-electron chi connectivity index (χ0n) is 19.8. The van der Waals surface area contributed by atoms with Crippen LogP contribution in [0.1, 0.15) is 30.0 Å². The highest BCUT2D eigenvalue weighted by atomic mass is 19.4. The zero-order valence-corrected chi connectivity index (χ0v) is 19.8. The Morgan fingerprint density at radius 3 is 2.44 bits per heavy atom. The Bertz CT molecular complexity index is 1100. The summed E-state index contributed by atoms with van der Waals surface area (Å²) in [4.78, 5) is 26.4. The number of piperidine rings is 1. The van der Waals surface area contributed by atoms with Crippen LogP contribution in [0.2, 0.25) is 0 Å². The van der Waals surface area contributed by atoms with Crippen molar-refractivity contribution in [1.29, 1.82) is 0 Å². The molecular formula is C25H27F3N2O6. The SMILES string of the molecule is COc1cccc(CN2CCC(NC3c4cc(OC)ccc4OC(=O)C3OC(=O)C(F)(F)F)CC2)c1.